The molecule has 0 spiro atoms. The third-order valence-electron chi connectivity index (χ3n) is 6.09. The fraction of sp³-hybridized carbons (Fsp3) is 0.650. The van der Waals surface area contributed by atoms with Crippen LogP contribution in [0.3, 0.4) is 0 Å². The molecule has 0 aromatic heterocycles. The van der Waals surface area contributed by atoms with E-state index in [1.165, 1.54) is 19.1 Å². The minimum atomic E-state index is -3.16. The average molecular weight is 392 g/mol. The molecule has 1 saturated carbocycles. The lowest BCUT2D eigenvalue weighted by atomic mass is 9.96. The van der Waals surface area contributed by atoms with E-state index in [0.717, 1.165) is 63.8 Å². The standard InChI is InChI=1S/C20H29N3O3S/c1-27(25,26)19-8-6-17(7-9-19)21-11-13-22(14-12-21)20(24)16-3-2-10-23(15-16)18-4-5-18/h6-9,16,18H,2-5,10-15H2,1H3. The van der Waals surface area contributed by atoms with Crippen LogP contribution in [0.15, 0.2) is 29.2 Å². The highest BCUT2D eigenvalue weighted by molar-refractivity contribution is 7.90. The van der Waals surface area contributed by atoms with Crippen LogP contribution in [0.25, 0.3) is 0 Å². The van der Waals surface area contributed by atoms with Crippen molar-refractivity contribution in [2.75, 3.05) is 50.4 Å². The fourth-order valence-electron chi connectivity index (χ4n) is 4.33. The summed E-state index contributed by atoms with van der Waals surface area (Å²) >= 11 is 0. The Labute approximate surface area is 162 Å². The van der Waals surface area contributed by atoms with Crippen LogP contribution >= 0.6 is 0 Å². The normalized spacial score (nSPS) is 24.9. The first-order valence-corrected chi connectivity index (χ1v) is 11.9. The summed E-state index contributed by atoms with van der Waals surface area (Å²) in [4.78, 5) is 20.1. The number of likely N-dealkylation sites (tertiary alicyclic amines) is 1. The molecule has 0 N–H and O–H groups in total. The largest absolute Gasteiger partial charge is 0.368 e. The van der Waals surface area contributed by atoms with Crippen molar-refractivity contribution in [3.63, 3.8) is 0 Å². The SMILES string of the molecule is CS(=O)(=O)c1ccc(N2CCN(C(=O)C3CCCN(C4CC4)C3)CC2)cc1. The van der Waals surface area contributed by atoms with Gasteiger partial charge in [0.2, 0.25) is 5.91 Å². The van der Waals surface area contributed by atoms with Gasteiger partial charge in [-0.1, -0.05) is 0 Å². The van der Waals surface area contributed by atoms with Gasteiger partial charge in [0, 0.05) is 50.7 Å². The predicted octanol–water partition coefficient (Wildman–Crippen LogP) is 1.61. The van der Waals surface area contributed by atoms with E-state index in [1.54, 1.807) is 12.1 Å². The molecule has 2 aliphatic heterocycles. The van der Waals surface area contributed by atoms with E-state index in [-0.39, 0.29) is 5.92 Å². The summed E-state index contributed by atoms with van der Waals surface area (Å²) in [5, 5.41) is 0. The summed E-state index contributed by atoms with van der Waals surface area (Å²) in [6, 6.07) is 7.80. The highest BCUT2D eigenvalue weighted by Gasteiger charge is 2.36. The van der Waals surface area contributed by atoms with Gasteiger partial charge in [0.05, 0.1) is 10.8 Å². The zero-order valence-corrected chi connectivity index (χ0v) is 16.8. The third-order valence-corrected chi connectivity index (χ3v) is 7.22. The van der Waals surface area contributed by atoms with E-state index in [9.17, 15) is 13.2 Å². The molecule has 27 heavy (non-hydrogen) atoms. The Hall–Kier alpha value is -1.60. The summed E-state index contributed by atoms with van der Waals surface area (Å²) in [7, 11) is -3.16. The van der Waals surface area contributed by atoms with E-state index in [2.05, 4.69) is 9.80 Å². The summed E-state index contributed by atoms with van der Waals surface area (Å²) in [5.74, 6) is 0.493. The Morgan fingerprint density at radius 1 is 0.963 bits per heavy atom. The molecule has 1 amide bonds. The molecule has 148 valence electrons. The Morgan fingerprint density at radius 3 is 2.22 bits per heavy atom. The van der Waals surface area contributed by atoms with Gasteiger partial charge in [-0.15, -0.1) is 0 Å². The molecule has 2 heterocycles. The first kappa shape index (κ1) is 18.7. The third kappa shape index (κ3) is 4.29. The molecule has 0 bridgehead atoms. The summed E-state index contributed by atoms with van der Waals surface area (Å²) < 4.78 is 23.2. The number of piperidine rings is 1. The van der Waals surface area contributed by atoms with Crippen LogP contribution in [0, 0.1) is 5.92 Å². The van der Waals surface area contributed by atoms with E-state index < -0.39 is 9.84 Å². The monoisotopic (exact) mass is 391 g/mol. The molecule has 7 heteroatoms. The molecule has 0 radical (unpaired) electrons. The Kier molecular flexibility index (Phi) is 5.16. The number of carbonyl (C=O) groups is 1. The summed E-state index contributed by atoms with van der Waals surface area (Å²) in [6.45, 7) is 5.17. The maximum absolute atomic E-state index is 13.0. The Morgan fingerprint density at radius 2 is 1.63 bits per heavy atom. The van der Waals surface area contributed by atoms with Crippen molar-refractivity contribution in [3.05, 3.63) is 24.3 Å². The first-order valence-electron chi connectivity index (χ1n) is 10.00. The minimum Gasteiger partial charge on any atom is -0.368 e. The zero-order valence-electron chi connectivity index (χ0n) is 16.0. The number of benzene rings is 1. The molecule has 6 nitrogen and oxygen atoms in total. The van der Waals surface area contributed by atoms with Crippen molar-refractivity contribution < 1.29 is 13.2 Å². The maximum Gasteiger partial charge on any atom is 0.227 e. The molecule has 1 unspecified atom stereocenters. The van der Waals surface area contributed by atoms with Crippen LogP contribution < -0.4 is 4.90 Å². The highest BCUT2D eigenvalue weighted by atomic mass is 32.2. The topological polar surface area (TPSA) is 60.9 Å². The van der Waals surface area contributed by atoms with E-state index in [0.29, 0.717) is 10.8 Å². The number of sulfone groups is 1. The predicted molar refractivity (Wildman–Crippen MR) is 106 cm³/mol. The van der Waals surface area contributed by atoms with Crippen molar-refractivity contribution >= 4 is 21.4 Å². The van der Waals surface area contributed by atoms with Gasteiger partial charge in [-0.3, -0.25) is 9.69 Å². The van der Waals surface area contributed by atoms with Gasteiger partial charge in [-0.2, -0.15) is 0 Å². The number of nitrogens with zero attached hydrogens (tertiary/aromatic N) is 3. The molecule has 1 aliphatic carbocycles. The second-order valence-electron chi connectivity index (χ2n) is 8.14. The molecule has 1 aromatic carbocycles. The number of piperazine rings is 1. The van der Waals surface area contributed by atoms with Crippen molar-refractivity contribution in [1.82, 2.24) is 9.80 Å². The highest BCUT2D eigenvalue weighted by Crippen LogP contribution is 2.31. The van der Waals surface area contributed by atoms with E-state index in [1.807, 2.05) is 17.0 Å². The van der Waals surface area contributed by atoms with Gasteiger partial charge in [0.25, 0.3) is 0 Å². The number of amides is 1. The zero-order chi connectivity index (χ0) is 19.0. The van der Waals surface area contributed by atoms with Crippen molar-refractivity contribution in [3.8, 4) is 0 Å². The smallest absolute Gasteiger partial charge is 0.227 e. The van der Waals surface area contributed by atoms with Crippen molar-refractivity contribution in [2.24, 2.45) is 5.92 Å². The van der Waals surface area contributed by atoms with Gasteiger partial charge >= 0.3 is 0 Å². The lowest BCUT2D eigenvalue weighted by Gasteiger charge is -2.39. The molecular formula is C20H29N3O3S. The van der Waals surface area contributed by atoms with Gasteiger partial charge in [-0.05, 0) is 56.5 Å². The van der Waals surface area contributed by atoms with E-state index >= 15 is 0 Å². The number of hydrogen-bond donors (Lipinski definition) is 0. The van der Waals surface area contributed by atoms with Crippen LogP contribution in [0.1, 0.15) is 25.7 Å². The average Bonchev–Trinajstić information content (AvgIpc) is 3.52. The second-order valence-corrected chi connectivity index (χ2v) is 10.2. The van der Waals surface area contributed by atoms with Gasteiger partial charge < -0.3 is 9.80 Å². The fourth-order valence-corrected chi connectivity index (χ4v) is 4.96. The number of rotatable bonds is 4. The lowest BCUT2D eigenvalue weighted by molar-refractivity contribution is -0.137. The Bertz CT molecular complexity index is 781. The van der Waals surface area contributed by atoms with E-state index in [4.69, 9.17) is 0 Å². The van der Waals surface area contributed by atoms with Gasteiger partial charge in [-0.25, -0.2) is 8.42 Å². The second kappa shape index (κ2) is 7.43. The lowest BCUT2D eigenvalue weighted by Crippen LogP contribution is -2.52. The minimum absolute atomic E-state index is 0.167. The number of hydrogen-bond acceptors (Lipinski definition) is 5. The van der Waals surface area contributed by atoms with Crippen LogP contribution in [-0.4, -0.2) is 75.7 Å². The molecule has 2 saturated heterocycles. The molecular weight excluding hydrogens is 362 g/mol. The molecule has 1 aromatic rings. The number of carbonyl (C=O) groups excluding carboxylic acids is 1. The molecule has 3 aliphatic rings. The van der Waals surface area contributed by atoms with Gasteiger partial charge in [0.1, 0.15) is 0 Å². The first-order chi connectivity index (χ1) is 12.9. The van der Waals surface area contributed by atoms with Crippen molar-refractivity contribution in [1.29, 1.82) is 0 Å². The summed E-state index contributed by atoms with van der Waals surface area (Å²) in [6.07, 6.45) is 5.99. The van der Waals surface area contributed by atoms with Gasteiger partial charge in [0.15, 0.2) is 9.84 Å². The molecule has 3 fully saturated rings. The molecule has 1 atom stereocenters. The maximum atomic E-state index is 13.0. The van der Waals surface area contributed by atoms with Crippen LogP contribution in [-0.2, 0) is 14.6 Å². The Balaban J connectivity index is 1.32. The molecule has 4 rings (SSSR count). The van der Waals surface area contributed by atoms with Crippen LogP contribution in [0.5, 0.6) is 0 Å². The van der Waals surface area contributed by atoms with Crippen LogP contribution in [0.2, 0.25) is 0 Å². The summed E-state index contributed by atoms with van der Waals surface area (Å²) in [5.41, 5.74) is 1.02. The van der Waals surface area contributed by atoms with Crippen molar-refractivity contribution in [2.45, 2.75) is 36.6 Å². The quantitative estimate of drug-likeness (QED) is 0.780. The number of anilines is 1. The van der Waals surface area contributed by atoms with Crippen LogP contribution in [0.4, 0.5) is 5.69 Å².